The lowest BCUT2D eigenvalue weighted by atomic mass is 9.33. The molecule has 0 aromatic heterocycles. The van der Waals surface area contributed by atoms with Crippen molar-refractivity contribution in [2.24, 2.45) is 0 Å². The summed E-state index contributed by atoms with van der Waals surface area (Å²) < 4.78 is 0. The minimum Gasteiger partial charge on any atom is -0.310 e. The van der Waals surface area contributed by atoms with Crippen LogP contribution in [0, 0.1) is 0 Å². The maximum absolute atomic E-state index is 2.70. The second kappa shape index (κ2) is 22.8. The first-order chi connectivity index (χ1) is 45.8. The molecule has 2 aliphatic heterocycles. The highest BCUT2D eigenvalue weighted by molar-refractivity contribution is 7.00. The van der Waals surface area contributed by atoms with Crippen molar-refractivity contribution in [3.8, 4) is 89.0 Å². The third kappa shape index (κ3) is 9.84. The monoisotopic (exact) mass is 1180 g/mol. The van der Waals surface area contributed by atoms with Gasteiger partial charge in [-0.2, -0.15) is 0 Å². The van der Waals surface area contributed by atoms with Crippen LogP contribution in [0.5, 0.6) is 0 Å². The van der Waals surface area contributed by atoms with Gasteiger partial charge in [0.25, 0.3) is 6.71 Å². The Morgan fingerprint density at radius 3 is 1.01 bits per heavy atom. The molecule has 0 aliphatic carbocycles. The summed E-state index contributed by atoms with van der Waals surface area (Å²) in [5.74, 6) is 0. The minimum absolute atomic E-state index is 0.199. The highest BCUT2D eigenvalue weighted by Crippen LogP contribution is 2.55. The second-order valence-corrected chi connectivity index (χ2v) is 26.0. The van der Waals surface area contributed by atoms with E-state index in [9.17, 15) is 0 Å². The molecule has 2 nitrogen and oxygen atoms in total. The standard InChI is InChI=1S/C90H65BN2/c1-90(2,3)76-58-85-87-86(59-76)93(89-79(65-37-21-9-22-38-65)54-75(62-31-15-6-16-32-62)55-80(89)66-39-23-10-24-40-66)84-57-72(69-43-44-70-49-67-41-25-26-42-68(67)50-73(70)51-69)45-47-81(84)91(87)82-56-71(60-27-11-4-12-28-60)46-48-83(82)92(85)88-77(63-33-17-7-18-34-63)52-74(61-29-13-5-14-30-61)53-78(88)64-35-19-8-20-36-64/h4-59H,1-3H3. The van der Waals surface area contributed by atoms with Gasteiger partial charge in [0.15, 0.2) is 0 Å². The predicted molar refractivity (Wildman–Crippen MR) is 398 cm³/mol. The lowest BCUT2D eigenvalue weighted by Gasteiger charge is -2.46. The van der Waals surface area contributed by atoms with Crippen LogP contribution in [0.3, 0.4) is 0 Å². The van der Waals surface area contributed by atoms with Gasteiger partial charge in [-0.1, -0.05) is 294 Å². The van der Waals surface area contributed by atoms with E-state index >= 15 is 0 Å². The van der Waals surface area contributed by atoms with Crippen LogP contribution >= 0.6 is 0 Å². The van der Waals surface area contributed by atoms with Crippen LogP contribution in [0.2, 0.25) is 0 Å². The van der Waals surface area contributed by atoms with E-state index in [2.05, 4.69) is 370 Å². The van der Waals surface area contributed by atoms with Crippen molar-refractivity contribution in [1.82, 2.24) is 0 Å². The van der Waals surface area contributed by atoms with Crippen LogP contribution in [0.25, 0.3) is 111 Å². The molecule has 0 amide bonds. The number of benzene rings is 15. The van der Waals surface area contributed by atoms with Crippen LogP contribution in [0.15, 0.2) is 340 Å². The zero-order chi connectivity index (χ0) is 62.2. The molecule has 0 radical (unpaired) electrons. The highest BCUT2D eigenvalue weighted by Gasteiger charge is 2.46. The van der Waals surface area contributed by atoms with Gasteiger partial charge in [0.2, 0.25) is 0 Å². The molecule has 0 fully saturated rings. The lowest BCUT2D eigenvalue weighted by molar-refractivity contribution is 0.590. The number of rotatable bonds is 10. The molecule has 0 bridgehead atoms. The molecule has 15 aromatic carbocycles. The van der Waals surface area contributed by atoms with E-state index < -0.39 is 0 Å². The molecule has 15 aromatic rings. The summed E-state index contributed by atoms with van der Waals surface area (Å²) in [5, 5.41) is 4.93. The van der Waals surface area contributed by atoms with Gasteiger partial charge < -0.3 is 9.80 Å². The molecule has 0 unspecified atom stereocenters. The van der Waals surface area contributed by atoms with E-state index in [4.69, 9.17) is 0 Å². The Morgan fingerprint density at radius 1 is 0.226 bits per heavy atom. The molecular formula is C90H65BN2. The maximum Gasteiger partial charge on any atom is 0.252 e. The molecule has 2 aliphatic rings. The summed E-state index contributed by atoms with van der Waals surface area (Å²) in [6.07, 6.45) is 0. The van der Waals surface area contributed by atoms with Gasteiger partial charge in [-0.25, -0.2) is 0 Å². The molecule has 17 rings (SSSR count). The van der Waals surface area contributed by atoms with Crippen LogP contribution in [-0.2, 0) is 5.41 Å². The third-order valence-electron chi connectivity index (χ3n) is 19.3. The van der Waals surface area contributed by atoms with Crippen molar-refractivity contribution in [2.75, 3.05) is 9.80 Å². The fraction of sp³-hybridized carbons (Fsp3) is 0.0444. The first-order valence-corrected chi connectivity index (χ1v) is 32.5. The Bertz CT molecular complexity index is 5210. The molecule has 0 saturated heterocycles. The Kier molecular flexibility index (Phi) is 13.6. The van der Waals surface area contributed by atoms with Gasteiger partial charge in [0.1, 0.15) is 0 Å². The molecule has 0 atom stereocenters. The molecule has 0 spiro atoms. The number of hydrogen-bond donors (Lipinski definition) is 0. The first kappa shape index (κ1) is 55.5. The molecule has 93 heavy (non-hydrogen) atoms. The van der Waals surface area contributed by atoms with Crippen molar-refractivity contribution in [3.05, 3.63) is 345 Å². The van der Waals surface area contributed by atoms with E-state index in [-0.39, 0.29) is 12.1 Å². The largest absolute Gasteiger partial charge is 0.310 e. The van der Waals surface area contributed by atoms with E-state index in [0.717, 1.165) is 95.3 Å². The fourth-order valence-electron chi connectivity index (χ4n) is 14.7. The predicted octanol–water partition coefficient (Wildman–Crippen LogP) is 22.7. The average Bonchev–Trinajstić information content (AvgIpc) is 0.692. The van der Waals surface area contributed by atoms with E-state index in [1.54, 1.807) is 0 Å². The normalized spacial score (nSPS) is 12.4. The first-order valence-electron chi connectivity index (χ1n) is 32.5. The number of fused-ring (bicyclic) bond motifs is 6. The topological polar surface area (TPSA) is 6.48 Å². The van der Waals surface area contributed by atoms with Gasteiger partial charge in [-0.05, 0) is 182 Å². The summed E-state index contributed by atoms with van der Waals surface area (Å²) >= 11 is 0. The van der Waals surface area contributed by atoms with Crippen LogP contribution in [-0.4, -0.2) is 6.71 Å². The van der Waals surface area contributed by atoms with Gasteiger partial charge in [0, 0.05) is 45.0 Å². The van der Waals surface area contributed by atoms with Crippen molar-refractivity contribution in [2.45, 2.75) is 26.2 Å². The van der Waals surface area contributed by atoms with Crippen LogP contribution in [0.1, 0.15) is 26.3 Å². The summed E-state index contributed by atoms with van der Waals surface area (Å²) in [4.78, 5) is 5.38. The molecule has 0 saturated carbocycles. The summed E-state index contributed by atoms with van der Waals surface area (Å²) in [6.45, 7) is 6.95. The Balaban J connectivity index is 1.04. The fourth-order valence-corrected chi connectivity index (χ4v) is 14.7. The van der Waals surface area contributed by atoms with E-state index in [1.165, 1.54) is 71.3 Å². The lowest BCUT2D eigenvalue weighted by Crippen LogP contribution is -2.61. The van der Waals surface area contributed by atoms with E-state index in [1.807, 2.05) is 0 Å². The van der Waals surface area contributed by atoms with Crippen molar-refractivity contribution in [3.63, 3.8) is 0 Å². The molecule has 438 valence electrons. The van der Waals surface area contributed by atoms with E-state index in [0.29, 0.717) is 0 Å². The summed E-state index contributed by atoms with van der Waals surface area (Å²) in [6, 6.07) is 127. The minimum atomic E-state index is -0.295. The average molecular weight is 1190 g/mol. The highest BCUT2D eigenvalue weighted by atomic mass is 15.2. The van der Waals surface area contributed by atoms with Crippen molar-refractivity contribution >= 4 is 78.8 Å². The maximum atomic E-state index is 2.70. The second-order valence-electron chi connectivity index (χ2n) is 26.0. The number of nitrogens with zero attached hydrogens (tertiary/aromatic N) is 2. The SMILES string of the molecule is CC(C)(C)c1cc2c3c(c1)N(c1c(-c4ccccc4)cc(-c4ccccc4)cc1-c1ccccc1)c1cc(-c4ccc5cc6ccccc6cc5c4)ccc1B3c1cc(-c3ccccc3)ccc1N2c1c(-c2ccccc2)cc(-c2ccccc2)cc1-c1ccccc1. The Hall–Kier alpha value is -11.5. The summed E-state index contributed by atoms with van der Waals surface area (Å²) in [7, 11) is 0. The Morgan fingerprint density at radius 2 is 0.570 bits per heavy atom. The Labute approximate surface area is 545 Å². The van der Waals surface area contributed by atoms with Crippen molar-refractivity contribution in [1.29, 1.82) is 0 Å². The van der Waals surface area contributed by atoms with Gasteiger partial charge >= 0.3 is 0 Å². The third-order valence-corrected chi connectivity index (χ3v) is 19.3. The smallest absolute Gasteiger partial charge is 0.252 e. The molecule has 3 heteroatoms. The van der Waals surface area contributed by atoms with Crippen molar-refractivity contribution < 1.29 is 0 Å². The van der Waals surface area contributed by atoms with Gasteiger partial charge in [0.05, 0.1) is 11.4 Å². The summed E-state index contributed by atoms with van der Waals surface area (Å²) in [5.41, 5.74) is 30.1. The zero-order valence-corrected chi connectivity index (χ0v) is 52.3. The van der Waals surface area contributed by atoms with Gasteiger partial charge in [-0.15, -0.1) is 0 Å². The molecule has 2 heterocycles. The van der Waals surface area contributed by atoms with Gasteiger partial charge in [-0.3, -0.25) is 0 Å². The molecule has 0 N–H and O–H groups in total. The van der Waals surface area contributed by atoms with Crippen LogP contribution in [0.4, 0.5) is 34.1 Å². The quantitative estimate of drug-likeness (QED) is 0.0995. The zero-order valence-electron chi connectivity index (χ0n) is 52.3. The van der Waals surface area contributed by atoms with Crippen LogP contribution < -0.4 is 26.2 Å². The number of anilines is 6. The molecular weight excluding hydrogens is 1120 g/mol. The number of hydrogen-bond acceptors (Lipinski definition) is 2.